The summed E-state index contributed by atoms with van der Waals surface area (Å²) in [6.07, 6.45) is 6.46. The number of carbonyl (C=O) groups is 1. The molecule has 1 heterocycles. The zero-order valence-corrected chi connectivity index (χ0v) is 20.9. The van der Waals surface area contributed by atoms with E-state index >= 15 is 0 Å². The Balaban J connectivity index is 0.00000320. The quantitative estimate of drug-likeness (QED) is 0.337. The van der Waals surface area contributed by atoms with Crippen LogP contribution in [0.1, 0.15) is 50.2 Å². The number of aliphatic imine (C=N–C) groups is 1. The largest absolute Gasteiger partial charge is 0.373 e. The Labute approximate surface area is 198 Å². The minimum absolute atomic E-state index is 0. The van der Waals surface area contributed by atoms with Crippen LogP contribution in [0.3, 0.4) is 0 Å². The summed E-state index contributed by atoms with van der Waals surface area (Å²) in [6, 6.07) is 10.5. The Morgan fingerprint density at radius 3 is 2.50 bits per heavy atom. The Kier molecular flexibility index (Phi) is 9.87. The second-order valence-corrected chi connectivity index (χ2v) is 8.60. The first kappa shape index (κ1) is 24.9. The summed E-state index contributed by atoms with van der Waals surface area (Å²) in [5.74, 6) is 1.39. The Morgan fingerprint density at radius 1 is 1.17 bits per heavy atom. The number of ether oxygens (including phenoxy) is 1. The smallest absolute Gasteiger partial charge is 0.230 e. The first-order valence-corrected chi connectivity index (χ1v) is 10.9. The first-order valence-electron chi connectivity index (χ1n) is 10.9. The molecule has 2 unspecified atom stereocenters. The molecule has 1 amide bonds. The number of hydrogen-bond acceptors (Lipinski definition) is 3. The highest BCUT2D eigenvalue weighted by Gasteiger charge is 2.42. The fraction of sp³-hybridized carbons (Fsp3) is 0.652. The van der Waals surface area contributed by atoms with E-state index in [9.17, 15) is 4.79 Å². The van der Waals surface area contributed by atoms with Gasteiger partial charge in [-0.3, -0.25) is 9.79 Å². The van der Waals surface area contributed by atoms with Crippen molar-refractivity contribution in [3.63, 3.8) is 0 Å². The summed E-state index contributed by atoms with van der Waals surface area (Å²) in [5, 5.41) is 6.91. The van der Waals surface area contributed by atoms with Gasteiger partial charge in [0.05, 0.1) is 11.5 Å². The molecule has 1 aromatic rings. The first-order chi connectivity index (χ1) is 14.1. The molecule has 1 aliphatic carbocycles. The summed E-state index contributed by atoms with van der Waals surface area (Å²) >= 11 is 0. The van der Waals surface area contributed by atoms with E-state index in [0.717, 1.165) is 57.6 Å². The zero-order valence-electron chi connectivity index (χ0n) is 18.5. The van der Waals surface area contributed by atoms with Crippen LogP contribution in [0.5, 0.6) is 0 Å². The van der Waals surface area contributed by atoms with E-state index in [2.05, 4.69) is 39.9 Å². The van der Waals surface area contributed by atoms with Crippen LogP contribution in [0, 0.1) is 11.3 Å². The van der Waals surface area contributed by atoms with Crippen molar-refractivity contribution >= 4 is 35.8 Å². The molecule has 1 saturated heterocycles. The van der Waals surface area contributed by atoms with Crippen molar-refractivity contribution in [1.29, 1.82) is 0 Å². The lowest BCUT2D eigenvalue weighted by Crippen LogP contribution is -2.50. The number of rotatable bonds is 6. The van der Waals surface area contributed by atoms with Crippen molar-refractivity contribution in [2.75, 3.05) is 40.8 Å². The molecule has 7 heteroatoms. The van der Waals surface area contributed by atoms with Gasteiger partial charge in [-0.25, -0.2) is 0 Å². The van der Waals surface area contributed by atoms with E-state index in [1.807, 2.05) is 20.2 Å². The normalized spacial score (nSPS) is 23.4. The van der Waals surface area contributed by atoms with Crippen LogP contribution in [-0.2, 0) is 9.53 Å². The molecule has 1 saturated carbocycles. The van der Waals surface area contributed by atoms with E-state index in [1.54, 1.807) is 11.9 Å². The second kappa shape index (κ2) is 11.9. The van der Waals surface area contributed by atoms with Gasteiger partial charge < -0.3 is 20.3 Å². The molecule has 2 N–H and O–H groups in total. The van der Waals surface area contributed by atoms with Gasteiger partial charge in [0, 0.05) is 46.8 Å². The lowest BCUT2D eigenvalue weighted by Gasteiger charge is -2.33. The predicted octanol–water partition coefficient (Wildman–Crippen LogP) is 3.59. The molecule has 6 nitrogen and oxygen atoms in total. The van der Waals surface area contributed by atoms with Crippen LogP contribution >= 0.6 is 24.0 Å². The van der Waals surface area contributed by atoms with Gasteiger partial charge in [-0.2, -0.15) is 0 Å². The van der Waals surface area contributed by atoms with E-state index in [0.29, 0.717) is 12.5 Å². The summed E-state index contributed by atoms with van der Waals surface area (Å²) in [4.78, 5) is 18.9. The number of nitrogens with zero attached hydrogens (tertiary/aromatic N) is 2. The average Bonchev–Trinajstić information content (AvgIpc) is 3.24. The van der Waals surface area contributed by atoms with Gasteiger partial charge in [-0.15, -0.1) is 24.0 Å². The number of nitrogens with one attached hydrogen (secondary N) is 2. The highest BCUT2D eigenvalue weighted by atomic mass is 127. The van der Waals surface area contributed by atoms with Crippen molar-refractivity contribution in [2.45, 2.75) is 44.6 Å². The summed E-state index contributed by atoms with van der Waals surface area (Å²) < 4.78 is 6.11. The van der Waals surface area contributed by atoms with Crippen molar-refractivity contribution < 1.29 is 9.53 Å². The third-order valence-corrected chi connectivity index (χ3v) is 6.34. The molecule has 1 aromatic carbocycles. The zero-order chi connectivity index (χ0) is 20.7. The Morgan fingerprint density at radius 2 is 1.87 bits per heavy atom. The van der Waals surface area contributed by atoms with Crippen molar-refractivity contribution in [1.82, 2.24) is 15.5 Å². The Bertz CT molecular complexity index is 690. The van der Waals surface area contributed by atoms with E-state index in [-0.39, 0.29) is 41.4 Å². The third-order valence-electron chi connectivity index (χ3n) is 6.34. The SMILES string of the molecule is CN=C(NCC1CCCOC1c1ccccc1)NCC1(C(=O)N(C)C)CCCC1.I. The molecule has 1 aliphatic heterocycles. The molecule has 30 heavy (non-hydrogen) atoms. The highest BCUT2D eigenvalue weighted by Crippen LogP contribution is 2.39. The summed E-state index contributed by atoms with van der Waals surface area (Å²) in [7, 11) is 5.49. The maximum absolute atomic E-state index is 12.8. The van der Waals surface area contributed by atoms with Gasteiger partial charge in [0.15, 0.2) is 5.96 Å². The molecular formula is C23H37IN4O2. The number of amides is 1. The molecule has 0 aromatic heterocycles. The van der Waals surface area contributed by atoms with Gasteiger partial charge in [0.25, 0.3) is 0 Å². The van der Waals surface area contributed by atoms with Crippen LogP contribution in [0.2, 0.25) is 0 Å². The maximum Gasteiger partial charge on any atom is 0.230 e. The molecule has 2 aliphatic rings. The minimum atomic E-state index is -0.304. The van der Waals surface area contributed by atoms with Gasteiger partial charge in [-0.05, 0) is 31.2 Å². The van der Waals surface area contributed by atoms with E-state index in [4.69, 9.17) is 4.74 Å². The van der Waals surface area contributed by atoms with E-state index < -0.39 is 0 Å². The second-order valence-electron chi connectivity index (χ2n) is 8.60. The van der Waals surface area contributed by atoms with Gasteiger partial charge in [0.1, 0.15) is 0 Å². The fourth-order valence-electron chi connectivity index (χ4n) is 4.76. The van der Waals surface area contributed by atoms with Crippen molar-refractivity contribution in [3.05, 3.63) is 35.9 Å². The van der Waals surface area contributed by atoms with Gasteiger partial charge >= 0.3 is 0 Å². The molecule has 0 spiro atoms. The molecule has 2 fully saturated rings. The number of hydrogen-bond donors (Lipinski definition) is 2. The molecule has 0 radical (unpaired) electrons. The van der Waals surface area contributed by atoms with E-state index in [1.165, 1.54) is 5.56 Å². The topological polar surface area (TPSA) is 66.0 Å². The van der Waals surface area contributed by atoms with Crippen LogP contribution in [0.4, 0.5) is 0 Å². The summed E-state index contributed by atoms with van der Waals surface area (Å²) in [5.41, 5.74) is 0.935. The number of benzene rings is 1. The number of carbonyl (C=O) groups excluding carboxylic acids is 1. The lowest BCUT2D eigenvalue weighted by molar-refractivity contribution is -0.138. The van der Waals surface area contributed by atoms with Crippen LogP contribution in [0.15, 0.2) is 35.3 Å². The Hall–Kier alpha value is -1.35. The highest BCUT2D eigenvalue weighted by molar-refractivity contribution is 14.0. The molecule has 2 atom stereocenters. The maximum atomic E-state index is 12.8. The van der Waals surface area contributed by atoms with Crippen LogP contribution < -0.4 is 10.6 Å². The van der Waals surface area contributed by atoms with Crippen molar-refractivity contribution in [3.8, 4) is 0 Å². The number of halogens is 1. The predicted molar refractivity (Wildman–Crippen MR) is 132 cm³/mol. The monoisotopic (exact) mass is 528 g/mol. The summed E-state index contributed by atoms with van der Waals surface area (Å²) in [6.45, 7) is 2.25. The molecular weight excluding hydrogens is 491 g/mol. The van der Waals surface area contributed by atoms with Gasteiger partial charge in [0.2, 0.25) is 5.91 Å². The lowest BCUT2D eigenvalue weighted by atomic mass is 9.84. The van der Waals surface area contributed by atoms with Crippen LogP contribution in [0.25, 0.3) is 0 Å². The minimum Gasteiger partial charge on any atom is -0.373 e. The number of guanidine groups is 1. The molecule has 3 rings (SSSR count). The van der Waals surface area contributed by atoms with Crippen LogP contribution in [-0.4, -0.2) is 57.6 Å². The molecule has 168 valence electrons. The fourth-order valence-corrected chi connectivity index (χ4v) is 4.76. The van der Waals surface area contributed by atoms with Crippen molar-refractivity contribution in [2.24, 2.45) is 16.3 Å². The standard InChI is InChI=1S/C23H36N4O2.HI/c1-24-22(26-17-23(13-7-8-14-23)21(28)27(2)3)25-16-19-12-9-15-29-20(19)18-10-5-4-6-11-18;/h4-6,10-11,19-20H,7-9,12-17H2,1-3H3,(H2,24,25,26);1H. The van der Waals surface area contributed by atoms with Gasteiger partial charge in [-0.1, -0.05) is 43.2 Å². The molecule has 0 bridgehead atoms. The third kappa shape index (κ3) is 6.09. The average molecular weight is 528 g/mol.